The Kier molecular flexibility index (Phi) is 3.32. The third-order valence-electron chi connectivity index (χ3n) is 1.75. The minimum atomic E-state index is 0.0748. The van der Waals surface area contributed by atoms with Gasteiger partial charge in [-0.1, -0.05) is 11.6 Å². The van der Waals surface area contributed by atoms with Crippen LogP contribution in [0.25, 0.3) is 0 Å². The van der Waals surface area contributed by atoms with Gasteiger partial charge in [-0.05, 0) is 36.4 Å². The summed E-state index contributed by atoms with van der Waals surface area (Å²) in [7, 11) is 1.85. The highest BCUT2D eigenvalue weighted by Gasteiger charge is 2.11. The van der Waals surface area contributed by atoms with Crippen LogP contribution in [0.1, 0.15) is 5.69 Å². The van der Waals surface area contributed by atoms with Gasteiger partial charge >= 0.3 is 0 Å². The van der Waals surface area contributed by atoms with E-state index in [0.29, 0.717) is 5.03 Å². The van der Waals surface area contributed by atoms with Crippen LogP contribution in [0.5, 0.6) is 0 Å². The number of rotatable bonds is 2. The quantitative estimate of drug-likeness (QED) is 0.842. The first-order valence-electron chi connectivity index (χ1n) is 4.30. The maximum atomic E-state index is 5.86. The van der Waals surface area contributed by atoms with E-state index in [1.807, 2.05) is 20.0 Å². The first-order chi connectivity index (χ1) is 7.56. The van der Waals surface area contributed by atoms with Gasteiger partial charge in [0.25, 0.3) is 0 Å². The molecular weight excluding hydrogens is 269 g/mol. The van der Waals surface area contributed by atoms with Crippen molar-refractivity contribution >= 4 is 35.0 Å². The largest absolute Gasteiger partial charge is 0.261 e. The molecule has 0 saturated carbocycles. The summed E-state index contributed by atoms with van der Waals surface area (Å²) in [6.45, 7) is 1.91. The van der Waals surface area contributed by atoms with Crippen LogP contribution in [0.3, 0.4) is 0 Å². The molecule has 0 fully saturated rings. The summed E-state index contributed by atoms with van der Waals surface area (Å²) < 4.78 is 1.74. The normalized spacial score (nSPS) is 10.8. The highest BCUT2D eigenvalue weighted by Crippen LogP contribution is 2.30. The van der Waals surface area contributed by atoms with E-state index in [9.17, 15) is 0 Å². The second-order valence-electron chi connectivity index (χ2n) is 3.03. The monoisotopic (exact) mass is 275 g/mol. The summed E-state index contributed by atoms with van der Waals surface area (Å²) >= 11 is 12.9. The standard InChI is InChI=1S/C8H7Cl2N5S/c1-4-3-5(15(2)14-4)16-7-6(9)12-13-8(10)11-7/h3H,1-2H3. The van der Waals surface area contributed by atoms with Crippen molar-refractivity contribution < 1.29 is 0 Å². The third kappa shape index (κ3) is 2.45. The van der Waals surface area contributed by atoms with E-state index in [1.165, 1.54) is 11.8 Å². The van der Waals surface area contributed by atoms with Crippen LogP contribution in [0.4, 0.5) is 0 Å². The maximum absolute atomic E-state index is 5.86. The molecule has 2 aromatic heterocycles. The molecule has 0 aliphatic heterocycles. The Morgan fingerprint density at radius 3 is 2.69 bits per heavy atom. The smallest absolute Gasteiger partial charge is 0.244 e. The van der Waals surface area contributed by atoms with Crippen molar-refractivity contribution in [1.82, 2.24) is 25.0 Å². The van der Waals surface area contributed by atoms with E-state index < -0.39 is 0 Å². The van der Waals surface area contributed by atoms with Crippen LogP contribution < -0.4 is 0 Å². The summed E-state index contributed by atoms with van der Waals surface area (Å²) in [6, 6.07) is 1.93. The molecule has 2 rings (SSSR count). The summed E-state index contributed by atoms with van der Waals surface area (Å²) in [6.07, 6.45) is 0. The molecule has 0 aromatic carbocycles. The minimum Gasteiger partial charge on any atom is -0.261 e. The van der Waals surface area contributed by atoms with Crippen molar-refractivity contribution in [2.24, 2.45) is 7.05 Å². The molecule has 0 N–H and O–H groups in total. The van der Waals surface area contributed by atoms with Gasteiger partial charge in [-0.2, -0.15) is 5.10 Å². The lowest BCUT2D eigenvalue weighted by atomic mass is 10.5. The lowest BCUT2D eigenvalue weighted by Gasteiger charge is -2.01. The van der Waals surface area contributed by atoms with Crippen LogP contribution in [0.2, 0.25) is 10.4 Å². The van der Waals surface area contributed by atoms with E-state index in [-0.39, 0.29) is 10.4 Å². The predicted molar refractivity (Wildman–Crippen MR) is 61.9 cm³/mol. The third-order valence-corrected chi connectivity index (χ3v) is 3.35. The molecule has 2 heterocycles. The molecule has 0 atom stereocenters. The second-order valence-corrected chi connectivity index (χ2v) is 4.73. The number of aromatic nitrogens is 5. The zero-order valence-electron chi connectivity index (χ0n) is 8.48. The van der Waals surface area contributed by atoms with E-state index in [1.54, 1.807) is 4.68 Å². The SMILES string of the molecule is Cc1cc(Sc2nc(Cl)nnc2Cl)n(C)n1. The molecule has 0 unspecified atom stereocenters. The van der Waals surface area contributed by atoms with Crippen molar-refractivity contribution in [2.45, 2.75) is 17.0 Å². The zero-order valence-corrected chi connectivity index (χ0v) is 10.8. The Morgan fingerprint density at radius 2 is 2.06 bits per heavy atom. The molecule has 16 heavy (non-hydrogen) atoms. The highest BCUT2D eigenvalue weighted by molar-refractivity contribution is 7.99. The van der Waals surface area contributed by atoms with Crippen LogP contribution in [-0.2, 0) is 7.05 Å². The fourth-order valence-electron chi connectivity index (χ4n) is 1.13. The number of nitrogens with zero attached hydrogens (tertiary/aromatic N) is 5. The molecule has 0 saturated heterocycles. The highest BCUT2D eigenvalue weighted by atomic mass is 35.5. The molecule has 0 spiro atoms. The Morgan fingerprint density at radius 1 is 1.31 bits per heavy atom. The average Bonchev–Trinajstić information content (AvgIpc) is 2.51. The molecular formula is C8H7Cl2N5S. The molecule has 0 aliphatic rings. The fraction of sp³-hybridized carbons (Fsp3) is 0.250. The molecule has 0 aliphatic carbocycles. The fourth-order valence-corrected chi connectivity index (χ4v) is 2.35. The van der Waals surface area contributed by atoms with Crippen molar-refractivity contribution in [3.63, 3.8) is 0 Å². The van der Waals surface area contributed by atoms with Crippen molar-refractivity contribution in [3.05, 3.63) is 22.2 Å². The number of hydrogen-bond donors (Lipinski definition) is 0. The molecule has 8 heteroatoms. The summed E-state index contributed by atoms with van der Waals surface area (Å²) in [5.74, 6) is 0. The Balaban J connectivity index is 2.33. The average molecular weight is 276 g/mol. The minimum absolute atomic E-state index is 0.0748. The summed E-state index contributed by atoms with van der Waals surface area (Å²) in [5, 5.41) is 13.2. The molecule has 0 amide bonds. The zero-order chi connectivity index (χ0) is 11.7. The number of halogens is 2. The van der Waals surface area contributed by atoms with Crippen LogP contribution in [0.15, 0.2) is 16.1 Å². The maximum Gasteiger partial charge on any atom is 0.244 e. The van der Waals surface area contributed by atoms with Crippen LogP contribution in [-0.4, -0.2) is 25.0 Å². The van der Waals surface area contributed by atoms with Gasteiger partial charge in [0, 0.05) is 7.05 Å². The first kappa shape index (κ1) is 11.6. The van der Waals surface area contributed by atoms with Crippen molar-refractivity contribution in [2.75, 3.05) is 0 Å². The predicted octanol–water partition coefficient (Wildman–Crippen LogP) is 2.37. The van der Waals surface area contributed by atoms with Crippen molar-refractivity contribution in [3.8, 4) is 0 Å². The van der Waals surface area contributed by atoms with Gasteiger partial charge in [0.2, 0.25) is 5.28 Å². The summed E-state index contributed by atoms with van der Waals surface area (Å²) in [4.78, 5) is 4.00. The number of aryl methyl sites for hydroxylation is 2. The van der Waals surface area contributed by atoms with Crippen molar-refractivity contribution in [1.29, 1.82) is 0 Å². The van der Waals surface area contributed by atoms with Gasteiger partial charge < -0.3 is 0 Å². The van der Waals surface area contributed by atoms with E-state index in [4.69, 9.17) is 23.2 Å². The van der Waals surface area contributed by atoms with Crippen LogP contribution >= 0.6 is 35.0 Å². The lowest BCUT2D eigenvalue weighted by Crippen LogP contribution is -1.95. The Labute approximate surface area is 106 Å². The van der Waals surface area contributed by atoms with E-state index >= 15 is 0 Å². The second kappa shape index (κ2) is 4.57. The Bertz CT molecular complexity index is 527. The number of hydrogen-bond acceptors (Lipinski definition) is 5. The first-order valence-corrected chi connectivity index (χ1v) is 5.87. The van der Waals surface area contributed by atoms with Gasteiger partial charge in [-0.25, -0.2) is 4.98 Å². The molecule has 2 aromatic rings. The lowest BCUT2D eigenvalue weighted by molar-refractivity contribution is 0.691. The summed E-state index contributed by atoms with van der Waals surface area (Å²) in [5.41, 5.74) is 0.925. The van der Waals surface area contributed by atoms with Gasteiger partial charge in [-0.15, -0.1) is 10.2 Å². The van der Waals surface area contributed by atoms with E-state index in [0.717, 1.165) is 10.7 Å². The molecule has 0 radical (unpaired) electrons. The Hall–Kier alpha value is -0.850. The molecule has 84 valence electrons. The van der Waals surface area contributed by atoms with Gasteiger partial charge in [-0.3, -0.25) is 4.68 Å². The van der Waals surface area contributed by atoms with E-state index in [2.05, 4.69) is 20.3 Å². The molecule has 5 nitrogen and oxygen atoms in total. The van der Waals surface area contributed by atoms with Crippen LogP contribution in [0, 0.1) is 6.92 Å². The van der Waals surface area contributed by atoms with Gasteiger partial charge in [0.15, 0.2) is 5.15 Å². The topological polar surface area (TPSA) is 56.5 Å². The van der Waals surface area contributed by atoms with Gasteiger partial charge in [0.05, 0.1) is 5.69 Å². The molecule has 0 bridgehead atoms. The van der Waals surface area contributed by atoms with Gasteiger partial charge in [0.1, 0.15) is 10.1 Å².